The van der Waals surface area contributed by atoms with E-state index in [1.54, 1.807) is 0 Å². The first-order chi connectivity index (χ1) is 12.6. The van der Waals surface area contributed by atoms with Gasteiger partial charge in [0.05, 0.1) is 5.56 Å². The number of fused-ring (bicyclic) bond motifs is 5. The smallest absolute Gasteiger partial charge is 0.142 e. The Hall–Kier alpha value is -2.74. The molecular weight excluding hydrogens is 320 g/mol. The molecular formula is C24H22O2. The van der Waals surface area contributed by atoms with Crippen molar-refractivity contribution in [2.45, 2.75) is 39.0 Å². The van der Waals surface area contributed by atoms with Gasteiger partial charge in [-0.1, -0.05) is 48.9 Å². The van der Waals surface area contributed by atoms with Gasteiger partial charge < -0.3 is 8.83 Å². The van der Waals surface area contributed by atoms with Crippen LogP contribution in [0.5, 0.6) is 0 Å². The normalized spacial score (nSPS) is 19.2. The first-order valence-electron chi connectivity index (χ1n) is 9.25. The summed E-state index contributed by atoms with van der Waals surface area (Å²) < 4.78 is 12.5. The summed E-state index contributed by atoms with van der Waals surface area (Å²) in [5.74, 6) is 2.97. The van der Waals surface area contributed by atoms with Crippen LogP contribution in [-0.4, -0.2) is 0 Å². The van der Waals surface area contributed by atoms with Crippen molar-refractivity contribution in [3.63, 3.8) is 0 Å². The molecule has 0 amide bonds. The van der Waals surface area contributed by atoms with Crippen LogP contribution in [0.25, 0.3) is 22.3 Å². The van der Waals surface area contributed by atoms with E-state index in [1.165, 1.54) is 16.7 Å². The van der Waals surface area contributed by atoms with E-state index in [9.17, 15) is 0 Å². The Balaban J connectivity index is 1.83. The van der Waals surface area contributed by atoms with Crippen molar-refractivity contribution < 1.29 is 8.83 Å². The van der Waals surface area contributed by atoms with E-state index >= 15 is 0 Å². The van der Waals surface area contributed by atoms with Gasteiger partial charge in [0.25, 0.3) is 0 Å². The van der Waals surface area contributed by atoms with Crippen LogP contribution in [0.2, 0.25) is 0 Å². The van der Waals surface area contributed by atoms with E-state index in [0.29, 0.717) is 0 Å². The summed E-state index contributed by atoms with van der Waals surface area (Å²) in [7, 11) is 0. The fourth-order valence-corrected chi connectivity index (χ4v) is 4.40. The lowest BCUT2D eigenvalue weighted by molar-refractivity contribution is 0.477. The first-order valence-corrected chi connectivity index (χ1v) is 9.25. The summed E-state index contributed by atoms with van der Waals surface area (Å²) in [6, 6.07) is 19.4. The predicted molar refractivity (Wildman–Crippen MR) is 105 cm³/mol. The fraction of sp³-hybridized carbons (Fsp3) is 0.250. The van der Waals surface area contributed by atoms with E-state index in [0.717, 1.165) is 46.7 Å². The molecule has 1 aliphatic rings. The Morgan fingerprint density at radius 3 is 2.54 bits per heavy atom. The molecule has 2 heteroatoms. The summed E-state index contributed by atoms with van der Waals surface area (Å²) in [5.41, 5.74) is 5.83. The van der Waals surface area contributed by atoms with Gasteiger partial charge in [-0.05, 0) is 44.0 Å². The molecule has 0 spiro atoms. The van der Waals surface area contributed by atoms with Crippen molar-refractivity contribution in [3.8, 4) is 11.3 Å². The van der Waals surface area contributed by atoms with Gasteiger partial charge in [-0.25, -0.2) is 0 Å². The summed E-state index contributed by atoms with van der Waals surface area (Å²) in [6.07, 6.45) is 1.90. The topological polar surface area (TPSA) is 26.3 Å². The van der Waals surface area contributed by atoms with Crippen LogP contribution in [0.3, 0.4) is 0 Å². The molecule has 2 aromatic heterocycles. The average Bonchev–Trinajstić information content (AvgIpc) is 3.17. The van der Waals surface area contributed by atoms with Gasteiger partial charge in [0, 0.05) is 22.8 Å². The molecule has 5 rings (SSSR count). The molecule has 2 heterocycles. The van der Waals surface area contributed by atoms with Gasteiger partial charge >= 0.3 is 0 Å². The highest BCUT2D eigenvalue weighted by Gasteiger charge is 2.38. The van der Waals surface area contributed by atoms with Crippen molar-refractivity contribution in [2.24, 2.45) is 0 Å². The fourth-order valence-electron chi connectivity index (χ4n) is 4.40. The van der Waals surface area contributed by atoms with E-state index in [1.807, 2.05) is 6.92 Å². The van der Waals surface area contributed by atoms with Gasteiger partial charge in [0.2, 0.25) is 0 Å². The summed E-state index contributed by atoms with van der Waals surface area (Å²) in [6.45, 7) is 6.49. The number of hydrogen-bond acceptors (Lipinski definition) is 2. The number of aryl methyl sites for hydroxylation is 3. The third kappa shape index (κ3) is 2.11. The standard InChI is InChI=1S/C24H22O2/c1-15-9-10-20-18(13-15)22-21(26-20)11-12-24(3,17-7-5-4-6-8-17)19-14-16(2)25-23(19)22/h4-10,13-14H,11-12H2,1-3H3/t24-/m1/s1. The van der Waals surface area contributed by atoms with Crippen LogP contribution in [-0.2, 0) is 11.8 Å². The van der Waals surface area contributed by atoms with Crippen molar-refractivity contribution in [3.05, 3.63) is 82.8 Å². The highest BCUT2D eigenvalue weighted by molar-refractivity contribution is 5.96. The molecule has 2 aromatic carbocycles. The lowest BCUT2D eigenvalue weighted by atomic mass is 9.73. The number of rotatable bonds is 1. The van der Waals surface area contributed by atoms with Crippen LogP contribution < -0.4 is 0 Å². The Morgan fingerprint density at radius 1 is 0.923 bits per heavy atom. The molecule has 2 nitrogen and oxygen atoms in total. The molecule has 1 atom stereocenters. The third-order valence-electron chi connectivity index (χ3n) is 5.86. The molecule has 130 valence electrons. The highest BCUT2D eigenvalue weighted by Crippen LogP contribution is 2.49. The van der Waals surface area contributed by atoms with Crippen LogP contribution in [0.4, 0.5) is 0 Å². The molecule has 0 bridgehead atoms. The predicted octanol–water partition coefficient (Wildman–Crippen LogP) is 6.56. The minimum Gasteiger partial charge on any atom is -0.461 e. The third-order valence-corrected chi connectivity index (χ3v) is 5.86. The molecule has 0 unspecified atom stereocenters. The van der Waals surface area contributed by atoms with Crippen molar-refractivity contribution >= 4 is 11.0 Å². The van der Waals surface area contributed by atoms with E-state index in [-0.39, 0.29) is 5.41 Å². The van der Waals surface area contributed by atoms with Gasteiger partial charge in [-0.3, -0.25) is 0 Å². The van der Waals surface area contributed by atoms with E-state index in [4.69, 9.17) is 8.83 Å². The van der Waals surface area contributed by atoms with Gasteiger partial charge in [-0.15, -0.1) is 0 Å². The minimum atomic E-state index is -0.0912. The van der Waals surface area contributed by atoms with Crippen molar-refractivity contribution in [1.82, 2.24) is 0 Å². The second-order valence-corrected chi connectivity index (χ2v) is 7.70. The summed E-state index contributed by atoms with van der Waals surface area (Å²) in [5, 5.41) is 1.16. The maximum atomic E-state index is 6.28. The lowest BCUT2D eigenvalue weighted by Crippen LogP contribution is -2.23. The van der Waals surface area contributed by atoms with Crippen LogP contribution in [0.1, 0.15) is 41.6 Å². The van der Waals surface area contributed by atoms with Crippen LogP contribution in [0, 0.1) is 13.8 Å². The lowest BCUT2D eigenvalue weighted by Gasteiger charge is -2.29. The Bertz CT molecular complexity index is 1110. The molecule has 4 aromatic rings. The van der Waals surface area contributed by atoms with Gasteiger partial charge in [0.1, 0.15) is 22.9 Å². The quantitative estimate of drug-likeness (QED) is 0.391. The monoisotopic (exact) mass is 342 g/mol. The largest absolute Gasteiger partial charge is 0.461 e. The molecule has 0 saturated carbocycles. The minimum absolute atomic E-state index is 0.0912. The molecule has 0 saturated heterocycles. The molecule has 0 fully saturated rings. The molecule has 26 heavy (non-hydrogen) atoms. The average molecular weight is 342 g/mol. The summed E-state index contributed by atoms with van der Waals surface area (Å²) in [4.78, 5) is 0. The Morgan fingerprint density at radius 2 is 1.73 bits per heavy atom. The number of benzene rings is 2. The molecule has 1 aliphatic carbocycles. The summed E-state index contributed by atoms with van der Waals surface area (Å²) >= 11 is 0. The van der Waals surface area contributed by atoms with Gasteiger partial charge in [0.15, 0.2) is 0 Å². The zero-order valence-electron chi connectivity index (χ0n) is 15.4. The molecule has 0 aliphatic heterocycles. The zero-order chi connectivity index (χ0) is 17.9. The Labute approximate surface area is 153 Å². The SMILES string of the molecule is Cc1ccc2oc3c(c2c1)-c1oc(C)cc1[C@@](C)(c1ccccc1)CC3. The maximum Gasteiger partial charge on any atom is 0.142 e. The molecule has 0 radical (unpaired) electrons. The van der Waals surface area contributed by atoms with E-state index < -0.39 is 0 Å². The van der Waals surface area contributed by atoms with E-state index in [2.05, 4.69) is 68.4 Å². The zero-order valence-corrected chi connectivity index (χ0v) is 15.4. The second-order valence-electron chi connectivity index (χ2n) is 7.70. The Kier molecular flexibility index (Phi) is 3.21. The van der Waals surface area contributed by atoms with Crippen molar-refractivity contribution in [1.29, 1.82) is 0 Å². The number of hydrogen-bond donors (Lipinski definition) is 0. The first kappa shape index (κ1) is 15.5. The van der Waals surface area contributed by atoms with Crippen LogP contribution in [0.15, 0.2) is 63.4 Å². The van der Waals surface area contributed by atoms with Crippen molar-refractivity contribution in [2.75, 3.05) is 0 Å². The molecule has 0 N–H and O–H groups in total. The van der Waals surface area contributed by atoms with Gasteiger partial charge in [-0.2, -0.15) is 0 Å². The van der Waals surface area contributed by atoms with Crippen LogP contribution >= 0.6 is 0 Å². The number of furan rings is 2. The second kappa shape index (κ2) is 5.38. The maximum absolute atomic E-state index is 6.28. The highest BCUT2D eigenvalue weighted by atomic mass is 16.4.